The van der Waals surface area contributed by atoms with Gasteiger partial charge in [0.2, 0.25) is 0 Å². The number of piperazine rings is 1. The maximum atomic E-state index is 12.5. The molecule has 1 aliphatic rings. The summed E-state index contributed by atoms with van der Waals surface area (Å²) in [5, 5.41) is 3.00. The van der Waals surface area contributed by atoms with Gasteiger partial charge in [-0.2, -0.15) is 0 Å². The number of carbonyl (C=O) groups excluding carboxylic acids is 1. The molecule has 0 aliphatic carbocycles. The van der Waals surface area contributed by atoms with Gasteiger partial charge < -0.3 is 19.4 Å². The van der Waals surface area contributed by atoms with Crippen LogP contribution in [0.15, 0.2) is 31.1 Å². The van der Waals surface area contributed by atoms with Gasteiger partial charge in [-0.3, -0.25) is 4.90 Å². The van der Waals surface area contributed by atoms with Crippen LogP contribution in [0, 0.1) is 0 Å². The highest BCUT2D eigenvalue weighted by atomic mass is 16.2. The molecule has 3 heterocycles. The molecule has 1 aliphatic heterocycles. The average molecular weight is 331 g/mol. The second-order valence-corrected chi connectivity index (χ2v) is 6.02. The Bertz CT molecular complexity index is 651. The van der Waals surface area contributed by atoms with Gasteiger partial charge in [0, 0.05) is 64.6 Å². The Morgan fingerprint density at radius 1 is 1.33 bits per heavy atom. The third-order valence-corrected chi connectivity index (χ3v) is 4.55. The number of aryl methyl sites for hydroxylation is 1. The second-order valence-electron chi connectivity index (χ2n) is 6.02. The van der Waals surface area contributed by atoms with E-state index in [1.54, 1.807) is 12.5 Å². The summed E-state index contributed by atoms with van der Waals surface area (Å²) in [4.78, 5) is 25.2. The van der Waals surface area contributed by atoms with E-state index < -0.39 is 0 Å². The van der Waals surface area contributed by atoms with Gasteiger partial charge in [-0.05, 0) is 6.54 Å². The van der Waals surface area contributed by atoms with Crippen molar-refractivity contribution in [2.24, 2.45) is 7.05 Å². The van der Waals surface area contributed by atoms with Crippen LogP contribution < -0.4 is 5.32 Å². The molecule has 1 atom stereocenters. The second kappa shape index (κ2) is 7.48. The number of likely N-dealkylation sites (N-methyl/N-ethyl adjacent to an activating group) is 1. The van der Waals surface area contributed by atoms with Crippen LogP contribution in [-0.4, -0.2) is 67.7 Å². The van der Waals surface area contributed by atoms with Crippen LogP contribution in [0.1, 0.15) is 18.8 Å². The van der Waals surface area contributed by atoms with E-state index in [4.69, 9.17) is 0 Å². The molecule has 1 saturated heterocycles. The van der Waals surface area contributed by atoms with Crippen LogP contribution >= 0.6 is 0 Å². The zero-order chi connectivity index (χ0) is 16.9. The molecule has 2 amide bonds. The number of carbonyl (C=O) groups is 1. The van der Waals surface area contributed by atoms with E-state index in [0.717, 1.165) is 32.0 Å². The minimum Gasteiger partial charge on any atom is -0.337 e. The zero-order valence-corrected chi connectivity index (χ0v) is 14.3. The summed E-state index contributed by atoms with van der Waals surface area (Å²) >= 11 is 0. The predicted octanol–water partition coefficient (Wildman–Crippen LogP) is 0.705. The molecule has 3 rings (SSSR count). The number of hydrogen-bond donors (Lipinski definition) is 1. The Labute approximate surface area is 142 Å². The highest BCUT2D eigenvalue weighted by molar-refractivity contribution is 5.74. The topological polar surface area (TPSA) is 71.2 Å². The van der Waals surface area contributed by atoms with Gasteiger partial charge in [0.25, 0.3) is 0 Å². The van der Waals surface area contributed by atoms with Crippen LogP contribution in [0.5, 0.6) is 0 Å². The Kier molecular flexibility index (Phi) is 5.14. The summed E-state index contributed by atoms with van der Waals surface area (Å²) < 4.78 is 3.99. The summed E-state index contributed by atoms with van der Waals surface area (Å²) in [6.45, 7) is 6.69. The van der Waals surface area contributed by atoms with Crippen LogP contribution in [0.2, 0.25) is 0 Å². The molecule has 0 spiro atoms. The number of aromatic nitrogens is 4. The number of nitrogens with one attached hydrogen (secondary N) is 1. The lowest BCUT2D eigenvalue weighted by Crippen LogP contribution is -2.53. The minimum atomic E-state index is -0.00919. The van der Waals surface area contributed by atoms with Crippen molar-refractivity contribution in [3.05, 3.63) is 36.9 Å². The van der Waals surface area contributed by atoms with Gasteiger partial charge in [0.05, 0.1) is 12.4 Å². The maximum Gasteiger partial charge on any atom is 0.317 e. The summed E-state index contributed by atoms with van der Waals surface area (Å²) in [5.41, 5.74) is 0. The van der Waals surface area contributed by atoms with Gasteiger partial charge in [-0.25, -0.2) is 14.8 Å². The lowest BCUT2D eigenvalue weighted by Gasteiger charge is -2.40. The van der Waals surface area contributed by atoms with Crippen molar-refractivity contribution in [1.29, 1.82) is 0 Å². The first-order valence-corrected chi connectivity index (χ1v) is 8.38. The molecule has 24 heavy (non-hydrogen) atoms. The molecule has 2 aromatic rings. The number of imidazole rings is 2. The monoisotopic (exact) mass is 331 g/mol. The summed E-state index contributed by atoms with van der Waals surface area (Å²) in [6, 6.07) is 0.133. The number of urea groups is 1. The van der Waals surface area contributed by atoms with Crippen molar-refractivity contribution in [3.63, 3.8) is 0 Å². The lowest BCUT2D eigenvalue weighted by molar-refractivity contribution is 0.0878. The van der Waals surface area contributed by atoms with E-state index in [1.165, 1.54) is 0 Å². The fourth-order valence-corrected chi connectivity index (χ4v) is 3.15. The van der Waals surface area contributed by atoms with E-state index in [9.17, 15) is 4.79 Å². The SMILES string of the molecule is CCN1CCN(C(=O)NCCn2ccnc2)C[C@@H]1c1nccn1C. The molecule has 2 aromatic heterocycles. The molecule has 8 heteroatoms. The number of amides is 2. The van der Waals surface area contributed by atoms with E-state index >= 15 is 0 Å². The van der Waals surface area contributed by atoms with Crippen LogP contribution in [0.4, 0.5) is 4.79 Å². The molecular weight excluding hydrogens is 306 g/mol. The van der Waals surface area contributed by atoms with Gasteiger partial charge in [-0.15, -0.1) is 0 Å². The summed E-state index contributed by atoms with van der Waals surface area (Å²) in [7, 11) is 2.00. The van der Waals surface area contributed by atoms with E-state index in [2.05, 4.69) is 27.1 Å². The molecule has 130 valence electrons. The van der Waals surface area contributed by atoms with Crippen molar-refractivity contribution in [3.8, 4) is 0 Å². The van der Waals surface area contributed by atoms with E-state index in [-0.39, 0.29) is 12.1 Å². The Balaban J connectivity index is 1.58. The third-order valence-electron chi connectivity index (χ3n) is 4.55. The van der Waals surface area contributed by atoms with Crippen molar-refractivity contribution < 1.29 is 4.79 Å². The summed E-state index contributed by atoms with van der Waals surface area (Å²) in [5.74, 6) is 1.01. The molecule has 1 fully saturated rings. The lowest BCUT2D eigenvalue weighted by atomic mass is 10.1. The van der Waals surface area contributed by atoms with E-state index in [0.29, 0.717) is 13.1 Å². The molecule has 0 aromatic carbocycles. The van der Waals surface area contributed by atoms with Crippen LogP contribution in [0.25, 0.3) is 0 Å². The molecule has 1 N–H and O–H groups in total. The largest absolute Gasteiger partial charge is 0.337 e. The molecule has 0 unspecified atom stereocenters. The first-order chi connectivity index (χ1) is 11.7. The zero-order valence-electron chi connectivity index (χ0n) is 14.3. The highest BCUT2D eigenvalue weighted by Gasteiger charge is 2.31. The quantitative estimate of drug-likeness (QED) is 0.876. The van der Waals surface area contributed by atoms with Gasteiger partial charge in [-0.1, -0.05) is 6.92 Å². The Hall–Kier alpha value is -2.35. The van der Waals surface area contributed by atoms with E-state index in [1.807, 2.05) is 39.7 Å². The minimum absolute atomic E-state index is 0.00919. The van der Waals surface area contributed by atoms with Crippen molar-refractivity contribution >= 4 is 6.03 Å². The fourth-order valence-electron chi connectivity index (χ4n) is 3.15. The first-order valence-electron chi connectivity index (χ1n) is 8.38. The molecule has 0 bridgehead atoms. The first kappa shape index (κ1) is 16.5. The highest BCUT2D eigenvalue weighted by Crippen LogP contribution is 2.23. The summed E-state index contributed by atoms with van der Waals surface area (Å²) in [6.07, 6.45) is 9.15. The number of nitrogens with zero attached hydrogens (tertiary/aromatic N) is 6. The fraction of sp³-hybridized carbons (Fsp3) is 0.562. The van der Waals surface area contributed by atoms with Crippen molar-refractivity contribution in [1.82, 2.24) is 34.2 Å². The van der Waals surface area contributed by atoms with Gasteiger partial charge in [0.1, 0.15) is 5.82 Å². The number of hydrogen-bond acceptors (Lipinski definition) is 4. The number of rotatable bonds is 5. The van der Waals surface area contributed by atoms with Crippen molar-refractivity contribution in [2.45, 2.75) is 19.5 Å². The Morgan fingerprint density at radius 3 is 2.88 bits per heavy atom. The molecule has 8 nitrogen and oxygen atoms in total. The standard InChI is InChI=1S/C16H25N7O/c1-3-22-10-11-23(12-14(22)15-18-5-7-20(15)2)16(24)19-6-9-21-8-4-17-13-21/h4-5,7-8,13-14H,3,6,9-12H2,1-2H3,(H,19,24)/t14-/m1/s1. The maximum absolute atomic E-state index is 12.5. The Morgan fingerprint density at radius 2 is 2.21 bits per heavy atom. The smallest absolute Gasteiger partial charge is 0.317 e. The normalized spacial score (nSPS) is 18.8. The predicted molar refractivity (Wildman–Crippen MR) is 90.4 cm³/mol. The third kappa shape index (κ3) is 3.59. The average Bonchev–Trinajstić information content (AvgIpc) is 3.25. The van der Waals surface area contributed by atoms with Gasteiger partial charge >= 0.3 is 6.03 Å². The molecule has 0 radical (unpaired) electrons. The van der Waals surface area contributed by atoms with Crippen molar-refractivity contribution in [2.75, 3.05) is 32.7 Å². The van der Waals surface area contributed by atoms with Crippen LogP contribution in [-0.2, 0) is 13.6 Å². The molecular formula is C16H25N7O. The van der Waals surface area contributed by atoms with Crippen LogP contribution in [0.3, 0.4) is 0 Å². The van der Waals surface area contributed by atoms with Gasteiger partial charge in [0.15, 0.2) is 0 Å². The molecule has 0 saturated carbocycles.